The van der Waals surface area contributed by atoms with Crippen molar-refractivity contribution in [1.29, 1.82) is 0 Å². The number of unbranched alkanes of at least 4 members (excludes halogenated alkanes) is 1. The van der Waals surface area contributed by atoms with Gasteiger partial charge in [-0.15, -0.1) is 0 Å². The molecule has 4 heteroatoms. The fourth-order valence-electron chi connectivity index (χ4n) is 3.17. The van der Waals surface area contributed by atoms with Gasteiger partial charge >= 0.3 is 129 Å². The summed E-state index contributed by atoms with van der Waals surface area (Å²) in [6.07, 6.45) is 4.19. The van der Waals surface area contributed by atoms with Crippen LogP contribution >= 0.6 is 0 Å². The molecule has 0 N–H and O–H groups in total. The SMILES string of the molecule is CCCN1CC[N](CC)[In]([CH2]CCCN(C)C)[CH2]C1. The zero-order valence-corrected chi connectivity index (χ0v) is 17.0. The number of hydrogen-bond acceptors (Lipinski definition) is 3. The zero-order valence-electron chi connectivity index (χ0n) is 13.7. The van der Waals surface area contributed by atoms with Crippen molar-refractivity contribution in [1.82, 2.24) is 12.7 Å². The summed E-state index contributed by atoms with van der Waals surface area (Å²) in [5, 5.41) is 0. The van der Waals surface area contributed by atoms with E-state index in [2.05, 4.69) is 40.6 Å². The average Bonchev–Trinajstić information content (AvgIpc) is 2.57. The van der Waals surface area contributed by atoms with Crippen molar-refractivity contribution in [3.05, 3.63) is 0 Å². The van der Waals surface area contributed by atoms with Crippen LogP contribution in [0, 0.1) is 0 Å². The molecule has 0 bridgehead atoms. The van der Waals surface area contributed by atoms with Gasteiger partial charge in [-0.3, -0.25) is 0 Å². The number of rotatable bonds is 8. The van der Waals surface area contributed by atoms with Gasteiger partial charge in [-0.2, -0.15) is 0 Å². The Labute approximate surface area is 129 Å². The molecule has 112 valence electrons. The zero-order chi connectivity index (χ0) is 14.1. The first-order chi connectivity index (χ1) is 9.17. The summed E-state index contributed by atoms with van der Waals surface area (Å²) in [5.74, 6) is 0. The first-order valence-corrected chi connectivity index (χ1v) is 14.4. The molecule has 1 rings (SSSR count). The Balaban J connectivity index is 2.32. The fraction of sp³-hybridized carbons (Fsp3) is 1.00. The van der Waals surface area contributed by atoms with Crippen LogP contribution in [-0.4, -0.2) is 87.8 Å². The molecule has 1 aliphatic rings. The van der Waals surface area contributed by atoms with Crippen LogP contribution in [0.5, 0.6) is 0 Å². The van der Waals surface area contributed by atoms with Crippen molar-refractivity contribution in [2.24, 2.45) is 0 Å². The van der Waals surface area contributed by atoms with Crippen molar-refractivity contribution < 1.29 is 0 Å². The second-order valence-corrected chi connectivity index (χ2v) is 15.3. The average molecular weight is 371 g/mol. The van der Waals surface area contributed by atoms with E-state index < -0.39 is 21.7 Å². The monoisotopic (exact) mass is 371 g/mol. The van der Waals surface area contributed by atoms with E-state index in [9.17, 15) is 0 Å². The van der Waals surface area contributed by atoms with Crippen LogP contribution in [0.1, 0.15) is 33.1 Å². The Morgan fingerprint density at radius 3 is 2.47 bits per heavy atom. The molecule has 1 heterocycles. The molecule has 3 nitrogen and oxygen atoms in total. The molecule has 1 saturated heterocycles. The molecule has 0 unspecified atom stereocenters. The van der Waals surface area contributed by atoms with E-state index in [-0.39, 0.29) is 0 Å². The second-order valence-electron chi connectivity index (χ2n) is 6.21. The minimum absolute atomic E-state index is 1.27. The van der Waals surface area contributed by atoms with Crippen molar-refractivity contribution in [3.8, 4) is 0 Å². The topological polar surface area (TPSA) is 9.72 Å². The molecule has 1 fully saturated rings. The van der Waals surface area contributed by atoms with Crippen molar-refractivity contribution in [2.75, 3.05) is 53.4 Å². The van der Waals surface area contributed by atoms with E-state index in [0.29, 0.717) is 0 Å². The molecule has 0 saturated carbocycles. The Hall–Kier alpha value is 0.750. The van der Waals surface area contributed by atoms with Crippen molar-refractivity contribution in [3.63, 3.8) is 0 Å². The molecule has 0 aromatic rings. The summed E-state index contributed by atoms with van der Waals surface area (Å²) in [4.78, 5) is 5.03. The second kappa shape index (κ2) is 10.5. The number of likely N-dealkylation sites (N-methyl/N-ethyl adjacent to an activating group) is 1. The maximum absolute atomic E-state index is 2.92. The summed E-state index contributed by atoms with van der Waals surface area (Å²) in [6, 6.07) is 0. The third-order valence-corrected chi connectivity index (χ3v) is 14.8. The van der Waals surface area contributed by atoms with Crippen LogP contribution in [-0.2, 0) is 0 Å². The van der Waals surface area contributed by atoms with Crippen molar-refractivity contribution in [2.45, 2.75) is 41.5 Å². The van der Waals surface area contributed by atoms with Gasteiger partial charge in [0.15, 0.2) is 0 Å². The minimum atomic E-state index is -1.39. The van der Waals surface area contributed by atoms with Gasteiger partial charge < -0.3 is 0 Å². The third kappa shape index (κ3) is 7.35. The first-order valence-electron chi connectivity index (χ1n) is 8.28. The molecule has 0 aromatic carbocycles. The molecule has 19 heavy (non-hydrogen) atoms. The van der Waals surface area contributed by atoms with E-state index in [1.807, 2.05) is 0 Å². The quantitative estimate of drug-likeness (QED) is 0.607. The maximum atomic E-state index is 2.92. The van der Waals surface area contributed by atoms with Gasteiger partial charge in [0, 0.05) is 0 Å². The van der Waals surface area contributed by atoms with Gasteiger partial charge in [-0.1, -0.05) is 0 Å². The standard InChI is InChI=1S/C9H20N2.C6H14N.In/c1-4-8-11(6-3)9-7-10-5-2;1-4-5-6-7(2)3;/h3-9H2,1-2H3;1,4-6H2,2-3H3;/q-1;;+1. The molecule has 0 aromatic heterocycles. The molecule has 1 aliphatic heterocycles. The first kappa shape index (κ1) is 17.8. The Morgan fingerprint density at radius 2 is 1.84 bits per heavy atom. The van der Waals surface area contributed by atoms with Gasteiger partial charge in [0.25, 0.3) is 0 Å². The van der Waals surface area contributed by atoms with E-state index >= 15 is 0 Å². The van der Waals surface area contributed by atoms with Crippen LogP contribution in [0.3, 0.4) is 0 Å². The third-order valence-electron chi connectivity index (χ3n) is 4.34. The summed E-state index contributed by atoms with van der Waals surface area (Å²) in [5.41, 5.74) is 0. The molecular weight excluding hydrogens is 337 g/mol. The van der Waals surface area contributed by atoms with Gasteiger partial charge in [-0.05, 0) is 0 Å². The molecule has 0 amide bonds. The Morgan fingerprint density at radius 1 is 1.05 bits per heavy atom. The Kier molecular flexibility index (Phi) is 9.81. The predicted molar refractivity (Wildman–Crippen MR) is 87.1 cm³/mol. The summed E-state index contributed by atoms with van der Waals surface area (Å²) in [7, 11) is 4.38. The molecule has 0 atom stereocenters. The summed E-state index contributed by atoms with van der Waals surface area (Å²) >= 11 is -1.39. The van der Waals surface area contributed by atoms with E-state index in [1.165, 1.54) is 58.5 Å². The van der Waals surface area contributed by atoms with Gasteiger partial charge in [0.2, 0.25) is 0 Å². The van der Waals surface area contributed by atoms with Crippen LogP contribution in [0.25, 0.3) is 0 Å². The molecule has 0 aliphatic carbocycles. The van der Waals surface area contributed by atoms with Crippen LogP contribution < -0.4 is 0 Å². The van der Waals surface area contributed by atoms with Gasteiger partial charge in [-0.25, -0.2) is 0 Å². The predicted octanol–water partition coefficient (Wildman–Crippen LogP) is 2.37. The van der Waals surface area contributed by atoms with Crippen molar-refractivity contribution >= 4 is 21.7 Å². The van der Waals surface area contributed by atoms with Crippen LogP contribution in [0.15, 0.2) is 0 Å². The normalized spacial score (nSPS) is 19.1. The van der Waals surface area contributed by atoms with E-state index in [0.717, 1.165) is 0 Å². The Bertz CT molecular complexity index is 223. The van der Waals surface area contributed by atoms with E-state index in [1.54, 1.807) is 8.35 Å². The summed E-state index contributed by atoms with van der Waals surface area (Å²) < 4.78 is 6.10. The fourth-order valence-corrected chi connectivity index (χ4v) is 13.0. The van der Waals surface area contributed by atoms with Gasteiger partial charge in [0.1, 0.15) is 0 Å². The molecule has 0 radical (unpaired) electrons. The van der Waals surface area contributed by atoms with E-state index in [4.69, 9.17) is 0 Å². The molecular formula is C15H34InN3. The number of hydrogen-bond donors (Lipinski definition) is 0. The van der Waals surface area contributed by atoms with Crippen LogP contribution in [0.4, 0.5) is 0 Å². The number of nitrogens with zero attached hydrogens (tertiary/aromatic N) is 3. The van der Waals surface area contributed by atoms with Gasteiger partial charge in [0.05, 0.1) is 0 Å². The molecule has 0 spiro atoms. The van der Waals surface area contributed by atoms with Crippen LogP contribution in [0.2, 0.25) is 8.35 Å². The summed E-state index contributed by atoms with van der Waals surface area (Å²) in [6.45, 7) is 12.7.